The zero-order valence-corrected chi connectivity index (χ0v) is 18.2. The Bertz CT molecular complexity index is 1170. The first-order chi connectivity index (χ1) is 15.0. The van der Waals surface area contributed by atoms with E-state index < -0.39 is 6.86 Å². The summed E-state index contributed by atoms with van der Waals surface area (Å²) in [7, 11) is 0. The zero-order chi connectivity index (χ0) is 21.2. The van der Waals surface area contributed by atoms with Crippen LogP contribution in [-0.2, 0) is 10.2 Å². The van der Waals surface area contributed by atoms with Gasteiger partial charge in [-0.15, -0.1) is 10.2 Å². The quantitative estimate of drug-likeness (QED) is 0.562. The van der Waals surface area contributed by atoms with E-state index in [0.717, 1.165) is 34.6 Å². The molecule has 1 N–H and O–H groups in total. The number of amides is 1. The van der Waals surface area contributed by atoms with E-state index in [9.17, 15) is 9.18 Å². The lowest BCUT2D eigenvalue weighted by Crippen LogP contribution is -2.76. The highest BCUT2D eigenvalue weighted by Crippen LogP contribution is 2.67. The van der Waals surface area contributed by atoms with Gasteiger partial charge in [0.2, 0.25) is 11.8 Å². The lowest BCUT2D eigenvalue weighted by atomic mass is 9.39. The van der Waals surface area contributed by atoms with Crippen molar-refractivity contribution in [1.82, 2.24) is 20.5 Å². The third kappa shape index (κ3) is 3.09. The Balaban J connectivity index is 1.09. The largest absolute Gasteiger partial charge is 0.424 e. The third-order valence-corrected chi connectivity index (χ3v) is 7.42. The summed E-state index contributed by atoms with van der Waals surface area (Å²) in [5.41, 5.74) is 0.876. The molecule has 160 valence electrons. The summed E-state index contributed by atoms with van der Waals surface area (Å²) in [6, 6.07) is 9.46. The monoisotopic (exact) mass is 486 g/mol. The molecule has 3 aromatic rings. The van der Waals surface area contributed by atoms with Crippen LogP contribution in [0.3, 0.4) is 0 Å². The van der Waals surface area contributed by atoms with Gasteiger partial charge in [0, 0.05) is 21.3 Å². The van der Waals surface area contributed by atoms with E-state index in [1.54, 1.807) is 6.07 Å². The van der Waals surface area contributed by atoms with Crippen LogP contribution in [-0.4, -0.2) is 39.6 Å². The first-order valence-corrected chi connectivity index (χ1v) is 11.2. The van der Waals surface area contributed by atoms with Crippen LogP contribution in [0.15, 0.2) is 39.2 Å². The number of aromatic nitrogens is 3. The maximum atomic E-state index is 12.8. The van der Waals surface area contributed by atoms with Crippen molar-refractivity contribution in [1.29, 1.82) is 0 Å². The van der Waals surface area contributed by atoms with Crippen LogP contribution < -0.4 is 5.32 Å². The summed E-state index contributed by atoms with van der Waals surface area (Å²) in [5.74, 6) is 1.27. The normalized spacial score (nSPS) is 30.9. The number of ether oxygens (including phenoxy) is 1. The minimum Gasteiger partial charge on any atom is -0.424 e. The molecule has 2 aromatic heterocycles. The predicted octanol–water partition coefficient (Wildman–Crippen LogP) is 4.17. The molecule has 1 aromatic carbocycles. The molecule has 4 aliphatic rings. The van der Waals surface area contributed by atoms with Gasteiger partial charge in [0.25, 0.3) is 5.91 Å². The van der Waals surface area contributed by atoms with Crippen molar-refractivity contribution in [2.24, 2.45) is 0 Å². The summed E-state index contributed by atoms with van der Waals surface area (Å²) < 4.78 is 24.1. The Hall–Kier alpha value is -2.39. The number of pyridine rings is 1. The van der Waals surface area contributed by atoms with Gasteiger partial charge < -0.3 is 14.5 Å². The molecule has 0 aliphatic heterocycles. The fourth-order valence-electron chi connectivity index (χ4n) is 5.28. The van der Waals surface area contributed by atoms with Gasteiger partial charge >= 0.3 is 0 Å². The molecule has 0 spiro atoms. The van der Waals surface area contributed by atoms with E-state index in [0.29, 0.717) is 30.3 Å². The van der Waals surface area contributed by atoms with Crippen molar-refractivity contribution < 1.29 is 18.3 Å². The SMILES string of the molecule is O=C(NC12CC(c3nnc(C4CC(OCF)C4)o3)(C1)C2)c1ccc2cc(Br)ccc2n1. The number of nitrogens with zero attached hydrogens (tertiary/aromatic N) is 3. The molecule has 4 aliphatic carbocycles. The number of hydrogen-bond donors (Lipinski definition) is 1. The maximum Gasteiger partial charge on any atom is 0.270 e. The Kier molecular flexibility index (Phi) is 4.24. The first-order valence-electron chi connectivity index (χ1n) is 10.4. The molecule has 2 bridgehead atoms. The highest BCUT2D eigenvalue weighted by molar-refractivity contribution is 9.10. The van der Waals surface area contributed by atoms with Crippen LogP contribution in [0.2, 0.25) is 0 Å². The molecule has 0 unspecified atom stereocenters. The molecular weight excluding hydrogens is 467 g/mol. The number of fused-ring (bicyclic) bond motifs is 1. The average Bonchev–Trinajstić information content (AvgIpc) is 3.14. The van der Waals surface area contributed by atoms with Gasteiger partial charge in [0.15, 0.2) is 6.86 Å². The van der Waals surface area contributed by atoms with Crippen LogP contribution in [0.5, 0.6) is 0 Å². The molecular formula is C22H20BrFN4O3. The highest BCUT2D eigenvalue weighted by Gasteiger charge is 2.72. The molecule has 7 rings (SSSR count). The molecule has 2 heterocycles. The minimum absolute atomic E-state index is 0.0518. The Labute approximate surface area is 185 Å². The summed E-state index contributed by atoms with van der Waals surface area (Å²) >= 11 is 3.45. The van der Waals surface area contributed by atoms with Crippen molar-refractivity contribution in [2.75, 3.05) is 6.86 Å². The predicted molar refractivity (Wildman–Crippen MR) is 112 cm³/mol. The number of carbonyl (C=O) groups excluding carboxylic acids is 1. The molecule has 0 radical (unpaired) electrons. The van der Waals surface area contributed by atoms with Crippen LogP contribution in [0.1, 0.15) is 60.3 Å². The van der Waals surface area contributed by atoms with Gasteiger partial charge in [0.1, 0.15) is 5.69 Å². The van der Waals surface area contributed by atoms with Gasteiger partial charge in [-0.05, 0) is 56.4 Å². The number of benzene rings is 1. The number of hydrogen-bond acceptors (Lipinski definition) is 6. The Morgan fingerprint density at radius 3 is 2.81 bits per heavy atom. The van der Waals surface area contributed by atoms with Gasteiger partial charge in [-0.3, -0.25) is 4.79 Å². The first kappa shape index (κ1) is 19.3. The van der Waals surface area contributed by atoms with Crippen molar-refractivity contribution in [3.63, 3.8) is 0 Å². The van der Waals surface area contributed by atoms with Crippen LogP contribution in [0.25, 0.3) is 10.9 Å². The fourth-order valence-corrected chi connectivity index (χ4v) is 5.66. The lowest BCUT2D eigenvalue weighted by molar-refractivity contribution is -0.0977. The molecule has 0 atom stereocenters. The number of alkyl halides is 1. The lowest BCUT2D eigenvalue weighted by Gasteiger charge is -2.68. The maximum absolute atomic E-state index is 12.8. The number of rotatable bonds is 6. The smallest absolute Gasteiger partial charge is 0.270 e. The van der Waals surface area contributed by atoms with E-state index in [4.69, 9.17) is 9.15 Å². The summed E-state index contributed by atoms with van der Waals surface area (Å²) in [6.45, 7) is -0.754. The third-order valence-electron chi connectivity index (χ3n) is 6.93. The molecule has 31 heavy (non-hydrogen) atoms. The topological polar surface area (TPSA) is 90.1 Å². The summed E-state index contributed by atoms with van der Waals surface area (Å²) in [6.07, 6.45) is 3.77. The van der Waals surface area contributed by atoms with E-state index in [-0.39, 0.29) is 28.9 Å². The number of nitrogens with one attached hydrogen (secondary N) is 1. The Morgan fingerprint density at radius 1 is 1.23 bits per heavy atom. The zero-order valence-electron chi connectivity index (χ0n) is 16.6. The second-order valence-electron chi connectivity index (χ2n) is 9.09. The molecule has 7 nitrogen and oxygen atoms in total. The molecule has 0 saturated heterocycles. The minimum atomic E-state index is -0.754. The van der Waals surface area contributed by atoms with Gasteiger partial charge in [-0.1, -0.05) is 22.0 Å². The molecule has 9 heteroatoms. The number of carbonyl (C=O) groups is 1. The van der Waals surface area contributed by atoms with E-state index >= 15 is 0 Å². The average molecular weight is 487 g/mol. The van der Waals surface area contributed by atoms with Crippen molar-refractivity contribution >= 4 is 32.7 Å². The van der Waals surface area contributed by atoms with E-state index in [1.165, 1.54) is 0 Å². The van der Waals surface area contributed by atoms with Crippen molar-refractivity contribution in [3.8, 4) is 0 Å². The van der Waals surface area contributed by atoms with E-state index in [2.05, 4.69) is 36.4 Å². The second kappa shape index (κ2) is 6.80. The van der Waals surface area contributed by atoms with Gasteiger partial charge in [-0.25, -0.2) is 9.37 Å². The molecule has 1 amide bonds. The molecule has 4 fully saturated rings. The highest BCUT2D eigenvalue weighted by atomic mass is 79.9. The van der Waals surface area contributed by atoms with Gasteiger partial charge in [0.05, 0.1) is 17.0 Å². The number of halogens is 2. The summed E-state index contributed by atoms with van der Waals surface area (Å²) in [4.78, 5) is 17.3. The van der Waals surface area contributed by atoms with Gasteiger partial charge in [-0.2, -0.15) is 0 Å². The van der Waals surface area contributed by atoms with Crippen LogP contribution in [0, 0.1) is 0 Å². The standard InChI is InChI=1S/C22H20BrFN4O3/c23-14-2-4-16-12(5-14)1-3-17(25-16)18(29)26-22-8-21(9-22,10-22)20-28-27-19(31-20)13-6-15(7-13)30-11-24/h1-5,13,15H,6-11H2,(H,26,29). The fraction of sp³-hybridized carbons (Fsp3) is 0.455. The van der Waals surface area contributed by atoms with Crippen molar-refractivity contribution in [2.45, 2.75) is 55.1 Å². The second-order valence-corrected chi connectivity index (χ2v) is 10.0. The van der Waals surface area contributed by atoms with Crippen LogP contribution >= 0.6 is 15.9 Å². The van der Waals surface area contributed by atoms with Crippen molar-refractivity contribution in [3.05, 3.63) is 52.3 Å². The Morgan fingerprint density at radius 2 is 2.03 bits per heavy atom. The van der Waals surface area contributed by atoms with Crippen LogP contribution in [0.4, 0.5) is 4.39 Å². The molecule has 4 saturated carbocycles. The van der Waals surface area contributed by atoms with E-state index in [1.807, 2.05) is 24.3 Å². The summed E-state index contributed by atoms with van der Waals surface area (Å²) in [5, 5.41) is 12.6.